The summed E-state index contributed by atoms with van der Waals surface area (Å²) in [6.45, 7) is 3.40. The standard InChI is InChI=1S/C15H17FN2OS/c16-13-3-1-2-12(8-13)9-14-10-18(5-6-19-14)11-15-17-4-7-20-15/h1-4,7-8,14H,5-6,9-11H2/t14-/m0/s1. The first-order chi connectivity index (χ1) is 9.79. The normalized spacial score (nSPS) is 20.1. The summed E-state index contributed by atoms with van der Waals surface area (Å²) in [5.41, 5.74) is 0.992. The number of thiazole rings is 1. The van der Waals surface area contributed by atoms with Gasteiger partial charge in [-0.2, -0.15) is 0 Å². The Bertz CT molecular complexity index is 547. The van der Waals surface area contributed by atoms with Crippen LogP contribution < -0.4 is 0 Å². The van der Waals surface area contributed by atoms with Crippen molar-refractivity contribution in [2.75, 3.05) is 19.7 Å². The third kappa shape index (κ3) is 3.62. The van der Waals surface area contributed by atoms with Gasteiger partial charge in [0.1, 0.15) is 10.8 Å². The molecule has 1 aromatic carbocycles. The van der Waals surface area contributed by atoms with E-state index in [1.807, 2.05) is 17.6 Å². The molecule has 0 radical (unpaired) electrons. The van der Waals surface area contributed by atoms with Crippen molar-refractivity contribution in [1.82, 2.24) is 9.88 Å². The van der Waals surface area contributed by atoms with E-state index in [2.05, 4.69) is 9.88 Å². The van der Waals surface area contributed by atoms with Gasteiger partial charge in [0.15, 0.2) is 0 Å². The highest BCUT2D eigenvalue weighted by Gasteiger charge is 2.21. The third-order valence-electron chi connectivity index (χ3n) is 3.42. The zero-order valence-electron chi connectivity index (χ0n) is 11.2. The Balaban J connectivity index is 1.57. The molecule has 1 aliphatic rings. The zero-order valence-corrected chi connectivity index (χ0v) is 12.0. The van der Waals surface area contributed by atoms with Gasteiger partial charge in [0.2, 0.25) is 0 Å². The van der Waals surface area contributed by atoms with Gasteiger partial charge in [-0.3, -0.25) is 4.90 Å². The third-order valence-corrected chi connectivity index (χ3v) is 4.18. The molecule has 3 rings (SSSR count). The van der Waals surface area contributed by atoms with Gasteiger partial charge in [-0.15, -0.1) is 11.3 Å². The Labute approximate surface area is 122 Å². The minimum Gasteiger partial charge on any atom is -0.375 e. The number of aromatic nitrogens is 1. The summed E-state index contributed by atoms with van der Waals surface area (Å²) in [6, 6.07) is 6.76. The smallest absolute Gasteiger partial charge is 0.123 e. The van der Waals surface area contributed by atoms with Gasteiger partial charge in [0.25, 0.3) is 0 Å². The fourth-order valence-corrected chi connectivity index (χ4v) is 3.15. The van der Waals surface area contributed by atoms with Crippen molar-refractivity contribution in [2.45, 2.75) is 19.1 Å². The highest BCUT2D eigenvalue weighted by atomic mass is 32.1. The highest BCUT2D eigenvalue weighted by molar-refractivity contribution is 7.09. The summed E-state index contributed by atoms with van der Waals surface area (Å²) in [5.74, 6) is -0.182. The quantitative estimate of drug-likeness (QED) is 0.866. The summed E-state index contributed by atoms with van der Waals surface area (Å²) in [7, 11) is 0. The lowest BCUT2D eigenvalue weighted by molar-refractivity contribution is -0.0305. The van der Waals surface area contributed by atoms with Crippen LogP contribution >= 0.6 is 11.3 Å². The molecular formula is C15H17FN2OS. The zero-order chi connectivity index (χ0) is 13.8. The molecule has 1 aromatic heterocycles. The predicted molar refractivity (Wildman–Crippen MR) is 77.2 cm³/mol. The molecule has 20 heavy (non-hydrogen) atoms. The minimum absolute atomic E-state index is 0.130. The van der Waals surface area contributed by atoms with E-state index < -0.39 is 0 Å². The van der Waals surface area contributed by atoms with Crippen molar-refractivity contribution in [1.29, 1.82) is 0 Å². The van der Waals surface area contributed by atoms with Gasteiger partial charge in [0, 0.05) is 24.7 Å². The van der Waals surface area contributed by atoms with E-state index in [4.69, 9.17) is 4.74 Å². The van der Waals surface area contributed by atoms with Crippen LogP contribution in [0.25, 0.3) is 0 Å². The van der Waals surface area contributed by atoms with Gasteiger partial charge in [-0.1, -0.05) is 12.1 Å². The number of nitrogens with zero attached hydrogens (tertiary/aromatic N) is 2. The molecule has 1 saturated heterocycles. The first kappa shape index (κ1) is 13.7. The van der Waals surface area contributed by atoms with E-state index in [0.29, 0.717) is 0 Å². The number of halogens is 1. The Morgan fingerprint density at radius 1 is 1.45 bits per heavy atom. The summed E-state index contributed by atoms with van der Waals surface area (Å²) in [4.78, 5) is 6.67. The molecule has 0 amide bonds. The number of hydrogen-bond acceptors (Lipinski definition) is 4. The van der Waals surface area contributed by atoms with Crippen molar-refractivity contribution >= 4 is 11.3 Å². The molecule has 1 atom stereocenters. The first-order valence-corrected chi connectivity index (χ1v) is 7.64. The minimum atomic E-state index is -0.182. The molecule has 0 aliphatic carbocycles. The molecule has 0 saturated carbocycles. The van der Waals surface area contributed by atoms with E-state index >= 15 is 0 Å². The molecule has 1 aliphatic heterocycles. The van der Waals surface area contributed by atoms with Gasteiger partial charge in [0.05, 0.1) is 19.3 Å². The number of ether oxygens (including phenoxy) is 1. The number of morpholine rings is 1. The molecule has 0 unspecified atom stereocenters. The number of benzene rings is 1. The van der Waals surface area contributed by atoms with Crippen molar-refractivity contribution in [2.24, 2.45) is 0 Å². The Kier molecular flexibility index (Phi) is 4.40. The van der Waals surface area contributed by atoms with Crippen LogP contribution in [0.4, 0.5) is 4.39 Å². The van der Waals surface area contributed by atoms with E-state index in [1.54, 1.807) is 23.5 Å². The van der Waals surface area contributed by atoms with Crippen LogP contribution in [0.1, 0.15) is 10.6 Å². The molecule has 0 bridgehead atoms. The monoisotopic (exact) mass is 292 g/mol. The van der Waals surface area contributed by atoms with Gasteiger partial charge in [-0.05, 0) is 24.1 Å². The van der Waals surface area contributed by atoms with Crippen molar-refractivity contribution in [3.05, 3.63) is 52.2 Å². The number of hydrogen-bond donors (Lipinski definition) is 0. The van der Waals surface area contributed by atoms with Crippen LogP contribution in [0.2, 0.25) is 0 Å². The van der Waals surface area contributed by atoms with E-state index in [0.717, 1.165) is 43.2 Å². The van der Waals surface area contributed by atoms with E-state index in [9.17, 15) is 4.39 Å². The maximum absolute atomic E-state index is 13.2. The molecule has 5 heteroatoms. The van der Waals surface area contributed by atoms with Crippen molar-refractivity contribution in [3.63, 3.8) is 0 Å². The number of rotatable bonds is 4. The SMILES string of the molecule is Fc1cccc(C[C@H]2CN(Cc3nccs3)CCO2)c1. The maximum atomic E-state index is 13.2. The highest BCUT2D eigenvalue weighted by Crippen LogP contribution is 2.15. The largest absolute Gasteiger partial charge is 0.375 e. The second kappa shape index (κ2) is 6.43. The second-order valence-corrected chi connectivity index (χ2v) is 5.97. The molecule has 2 heterocycles. The van der Waals surface area contributed by atoms with Crippen LogP contribution in [0.15, 0.2) is 35.8 Å². The maximum Gasteiger partial charge on any atom is 0.123 e. The second-order valence-electron chi connectivity index (χ2n) is 4.99. The summed E-state index contributed by atoms with van der Waals surface area (Å²) in [5, 5.41) is 3.14. The predicted octanol–water partition coefficient (Wildman–Crippen LogP) is 2.73. The van der Waals surface area contributed by atoms with Gasteiger partial charge >= 0.3 is 0 Å². The van der Waals surface area contributed by atoms with Crippen molar-refractivity contribution < 1.29 is 9.13 Å². The fraction of sp³-hybridized carbons (Fsp3) is 0.400. The lowest BCUT2D eigenvalue weighted by atomic mass is 10.1. The molecular weight excluding hydrogens is 275 g/mol. The lowest BCUT2D eigenvalue weighted by Crippen LogP contribution is -2.42. The molecule has 0 N–H and O–H groups in total. The van der Waals surface area contributed by atoms with Crippen LogP contribution in [-0.2, 0) is 17.7 Å². The van der Waals surface area contributed by atoms with Crippen LogP contribution in [-0.4, -0.2) is 35.7 Å². The lowest BCUT2D eigenvalue weighted by Gasteiger charge is -2.32. The molecule has 0 spiro atoms. The summed E-state index contributed by atoms with van der Waals surface area (Å²) < 4.78 is 19.0. The van der Waals surface area contributed by atoms with Crippen molar-refractivity contribution in [3.8, 4) is 0 Å². The van der Waals surface area contributed by atoms with Crippen LogP contribution in [0, 0.1) is 5.82 Å². The van der Waals surface area contributed by atoms with Gasteiger partial charge < -0.3 is 4.74 Å². The Hall–Kier alpha value is -1.30. The Morgan fingerprint density at radius 3 is 3.20 bits per heavy atom. The average Bonchev–Trinajstić information content (AvgIpc) is 2.92. The van der Waals surface area contributed by atoms with E-state index in [1.165, 1.54) is 6.07 Å². The van der Waals surface area contributed by atoms with Crippen LogP contribution in [0.5, 0.6) is 0 Å². The van der Waals surface area contributed by atoms with Crippen LogP contribution in [0.3, 0.4) is 0 Å². The molecule has 3 nitrogen and oxygen atoms in total. The molecule has 2 aromatic rings. The topological polar surface area (TPSA) is 25.4 Å². The fourth-order valence-electron chi connectivity index (χ4n) is 2.50. The summed E-state index contributed by atoms with van der Waals surface area (Å²) >= 11 is 1.68. The molecule has 1 fully saturated rings. The Morgan fingerprint density at radius 2 is 2.40 bits per heavy atom. The average molecular weight is 292 g/mol. The summed E-state index contributed by atoms with van der Waals surface area (Å²) in [6.07, 6.45) is 2.72. The van der Waals surface area contributed by atoms with Gasteiger partial charge in [-0.25, -0.2) is 9.37 Å². The first-order valence-electron chi connectivity index (χ1n) is 6.76. The van der Waals surface area contributed by atoms with E-state index in [-0.39, 0.29) is 11.9 Å². The molecule has 106 valence electrons.